The van der Waals surface area contributed by atoms with E-state index >= 15 is 0 Å². The van der Waals surface area contributed by atoms with Crippen molar-refractivity contribution in [1.29, 1.82) is 0 Å². The van der Waals surface area contributed by atoms with E-state index in [1.807, 2.05) is 24.3 Å². The fourth-order valence-corrected chi connectivity index (χ4v) is 3.57. The Hall–Kier alpha value is -2.26. The summed E-state index contributed by atoms with van der Waals surface area (Å²) in [5.41, 5.74) is 3.51. The molecule has 0 aliphatic carbocycles. The van der Waals surface area contributed by atoms with Crippen molar-refractivity contribution in [2.75, 3.05) is 6.61 Å². The van der Waals surface area contributed by atoms with E-state index in [1.54, 1.807) is 0 Å². The van der Waals surface area contributed by atoms with Gasteiger partial charge in [-0.25, -0.2) is 0 Å². The monoisotopic (exact) mass is 466 g/mol. The smallest absolute Gasteiger partial charge is 0.119 e. The maximum Gasteiger partial charge on any atom is 0.119 e. The Bertz CT molecular complexity index is 855. The van der Waals surface area contributed by atoms with Crippen LogP contribution in [0.2, 0.25) is 0 Å². The van der Waals surface area contributed by atoms with Crippen LogP contribution < -0.4 is 9.47 Å². The summed E-state index contributed by atoms with van der Waals surface area (Å²) in [7, 11) is 0. The third-order valence-corrected chi connectivity index (χ3v) is 5.66. The predicted octanol–water partition coefficient (Wildman–Crippen LogP) is 8.43. The SMILES string of the molecule is CCCCCCCCOc1ccc(-c2ccc(OCc3ccc(Br)cc3)cc2)cc1. The minimum atomic E-state index is 0.567. The summed E-state index contributed by atoms with van der Waals surface area (Å²) < 4.78 is 12.9. The molecule has 2 nitrogen and oxygen atoms in total. The molecule has 0 saturated heterocycles. The predicted molar refractivity (Wildman–Crippen MR) is 129 cm³/mol. The van der Waals surface area contributed by atoms with Crippen LogP contribution in [0.15, 0.2) is 77.3 Å². The van der Waals surface area contributed by atoms with Crippen LogP contribution in [0.25, 0.3) is 11.1 Å². The van der Waals surface area contributed by atoms with Gasteiger partial charge in [0.05, 0.1) is 6.61 Å². The fraction of sp³-hybridized carbons (Fsp3) is 0.333. The van der Waals surface area contributed by atoms with Crippen molar-refractivity contribution < 1.29 is 9.47 Å². The maximum atomic E-state index is 5.89. The third kappa shape index (κ3) is 7.53. The molecule has 0 N–H and O–H groups in total. The zero-order valence-corrected chi connectivity index (χ0v) is 19.4. The lowest BCUT2D eigenvalue weighted by molar-refractivity contribution is 0.304. The first kappa shape index (κ1) is 22.4. The summed E-state index contributed by atoms with van der Waals surface area (Å²) in [4.78, 5) is 0. The van der Waals surface area contributed by atoms with Crippen LogP contribution >= 0.6 is 15.9 Å². The Morgan fingerprint density at radius 2 is 1.13 bits per heavy atom. The van der Waals surface area contributed by atoms with Gasteiger partial charge in [-0.05, 0) is 59.5 Å². The molecule has 0 bridgehead atoms. The van der Waals surface area contributed by atoms with Crippen LogP contribution in [-0.2, 0) is 6.61 Å². The number of benzene rings is 3. The van der Waals surface area contributed by atoms with Crippen molar-refractivity contribution in [3.8, 4) is 22.6 Å². The lowest BCUT2D eigenvalue weighted by Crippen LogP contribution is -1.97. The molecule has 3 heteroatoms. The molecule has 0 fully saturated rings. The van der Waals surface area contributed by atoms with Gasteiger partial charge >= 0.3 is 0 Å². The van der Waals surface area contributed by atoms with Crippen LogP contribution in [0.4, 0.5) is 0 Å². The molecule has 0 radical (unpaired) electrons. The molecule has 3 aromatic carbocycles. The summed E-state index contributed by atoms with van der Waals surface area (Å²) in [5, 5.41) is 0. The average molecular weight is 467 g/mol. The highest BCUT2D eigenvalue weighted by atomic mass is 79.9. The van der Waals surface area contributed by atoms with E-state index in [-0.39, 0.29) is 0 Å². The van der Waals surface area contributed by atoms with Gasteiger partial charge in [0, 0.05) is 4.47 Å². The van der Waals surface area contributed by atoms with Crippen LogP contribution in [0, 0.1) is 0 Å². The van der Waals surface area contributed by atoms with Crippen molar-refractivity contribution >= 4 is 15.9 Å². The number of rotatable bonds is 12. The Morgan fingerprint density at radius 1 is 0.600 bits per heavy atom. The van der Waals surface area contributed by atoms with Crippen LogP contribution in [0.3, 0.4) is 0 Å². The Labute approximate surface area is 189 Å². The molecule has 0 aliphatic rings. The minimum Gasteiger partial charge on any atom is -0.494 e. The largest absolute Gasteiger partial charge is 0.494 e. The van der Waals surface area contributed by atoms with E-state index in [1.165, 1.54) is 43.2 Å². The molecule has 0 atom stereocenters. The third-order valence-electron chi connectivity index (χ3n) is 5.13. The molecule has 3 rings (SSSR count). The highest BCUT2D eigenvalue weighted by Crippen LogP contribution is 2.25. The lowest BCUT2D eigenvalue weighted by Gasteiger charge is -2.09. The summed E-state index contributed by atoms with van der Waals surface area (Å²) in [6, 6.07) is 24.8. The molecule has 0 aromatic heterocycles. The molecule has 0 aliphatic heterocycles. The summed E-state index contributed by atoms with van der Waals surface area (Å²) >= 11 is 3.45. The van der Waals surface area contributed by atoms with Crippen LogP contribution in [0.5, 0.6) is 11.5 Å². The Morgan fingerprint density at radius 3 is 1.73 bits per heavy atom. The Kier molecular flexibility index (Phi) is 9.30. The maximum absolute atomic E-state index is 5.89. The highest BCUT2D eigenvalue weighted by Gasteiger charge is 2.01. The average Bonchev–Trinajstić information content (AvgIpc) is 2.79. The summed E-state index contributed by atoms with van der Waals surface area (Å²) in [6.07, 6.45) is 7.70. The van der Waals surface area contributed by atoms with E-state index in [0.717, 1.165) is 34.6 Å². The fourth-order valence-electron chi connectivity index (χ4n) is 3.31. The zero-order chi connectivity index (χ0) is 21.0. The van der Waals surface area contributed by atoms with Gasteiger partial charge in [-0.1, -0.05) is 91.4 Å². The standard InChI is InChI=1S/C27H31BrO2/c1-2-3-4-5-6-7-20-29-26-16-10-23(11-17-26)24-12-18-27(19-13-24)30-21-22-8-14-25(28)15-9-22/h8-19H,2-7,20-21H2,1H3. The molecule has 3 aromatic rings. The van der Waals surface area contributed by atoms with Gasteiger partial charge in [0.15, 0.2) is 0 Å². The van der Waals surface area contributed by atoms with Gasteiger partial charge in [0.25, 0.3) is 0 Å². The molecule has 0 heterocycles. The number of unbranched alkanes of at least 4 members (excludes halogenated alkanes) is 5. The number of hydrogen-bond donors (Lipinski definition) is 0. The molecule has 0 amide bonds. The van der Waals surface area contributed by atoms with E-state index in [0.29, 0.717) is 6.61 Å². The quantitative estimate of drug-likeness (QED) is 0.249. The second-order valence-electron chi connectivity index (χ2n) is 7.58. The van der Waals surface area contributed by atoms with Crippen molar-refractivity contribution in [3.63, 3.8) is 0 Å². The van der Waals surface area contributed by atoms with Gasteiger partial charge in [0.1, 0.15) is 18.1 Å². The first-order chi connectivity index (χ1) is 14.7. The first-order valence-electron chi connectivity index (χ1n) is 10.9. The van der Waals surface area contributed by atoms with E-state index in [9.17, 15) is 0 Å². The minimum absolute atomic E-state index is 0.567. The number of ether oxygens (including phenoxy) is 2. The van der Waals surface area contributed by atoms with E-state index in [4.69, 9.17) is 9.47 Å². The normalized spacial score (nSPS) is 10.7. The van der Waals surface area contributed by atoms with Crippen molar-refractivity contribution in [1.82, 2.24) is 0 Å². The van der Waals surface area contributed by atoms with Crippen molar-refractivity contribution in [3.05, 3.63) is 82.8 Å². The molecular weight excluding hydrogens is 436 g/mol. The Balaban J connectivity index is 1.43. The molecule has 158 valence electrons. The van der Waals surface area contributed by atoms with Crippen molar-refractivity contribution in [2.45, 2.75) is 52.1 Å². The molecular formula is C27H31BrO2. The van der Waals surface area contributed by atoms with Gasteiger partial charge in [-0.2, -0.15) is 0 Å². The summed E-state index contributed by atoms with van der Waals surface area (Å²) in [6.45, 7) is 3.62. The van der Waals surface area contributed by atoms with Gasteiger partial charge in [-0.3, -0.25) is 0 Å². The topological polar surface area (TPSA) is 18.5 Å². The highest BCUT2D eigenvalue weighted by molar-refractivity contribution is 9.10. The van der Waals surface area contributed by atoms with Crippen LogP contribution in [0.1, 0.15) is 51.0 Å². The van der Waals surface area contributed by atoms with E-state index in [2.05, 4.69) is 71.4 Å². The zero-order valence-electron chi connectivity index (χ0n) is 17.8. The van der Waals surface area contributed by atoms with Gasteiger partial charge in [-0.15, -0.1) is 0 Å². The lowest BCUT2D eigenvalue weighted by atomic mass is 10.1. The number of hydrogen-bond acceptors (Lipinski definition) is 2. The van der Waals surface area contributed by atoms with E-state index < -0.39 is 0 Å². The molecule has 30 heavy (non-hydrogen) atoms. The summed E-state index contributed by atoms with van der Waals surface area (Å²) in [5.74, 6) is 1.82. The molecule has 0 spiro atoms. The second kappa shape index (κ2) is 12.4. The first-order valence-corrected chi connectivity index (χ1v) is 11.7. The van der Waals surface area contributed by atoms with Gasteiger partial charge in [0.2, 0.25) is 0 Å². The van der Waals surface area contributed by atoms with Crippen molar-refractivity contribution in [2.24, 2.45) is 0 Å². The molecule has 0 saturated carbocycles. The molecule has 0 unspecified atom stereocenters. The second-order valence-corrected chi connectivity index (χ2v) is 8.50. The van der Waals surface area contributed by atoms with Crippen LogP contribution in [-0.4, -0.2) is 6.61 Å². The van der Waals surface area contributed by atoms with Gasteiger partial charge < -0.3 is 9.47 Å². The number of halogens is 1.